The summed E-state index contributed by atoms with van der Waals surface area (Å²) < 4.78 is 26.8. The van der Waals surface area contributed by atoms with Crippen molar-refractivity contribution in [2.75, 3.05) is 0 Å². The summed E-state index contributed by atoms with van der Waals surface area (Å²) in [6.07, 6.45) is 0.726. The van der Waals surface area contributed by atoms with Gasteiger partial charge in [-0.15, -0.1) is 0 Å². The Labute approximate surface area is 120 Å². The van der Waals surface area contributed by atoms with Gasteiger partial charge in [0.1, 0.15) is 11.6 Å². The van der Waals surface area contributed by atoms with Crippen LogP contribution in [0.15, 0.2) is 30.3 Å². The van der Waals surface area contributed by atoms with Crippen LogP contribution in [0, 0.1) is 25.5 Å². The van der Waals surface area contributed by atoms with Crippen molar-refractivity contribution in [3.8, 4) is 11.3 Å². The van der Waals surface area contributed by atoms with Crippen LogP contribution in [-0.2, 0) is 0 Å². The number of H-pyrrole nitrogens is 1. The summed E-state index contributed by atoms with van der Waals surface area (Å²) in [4.78, 5) is 14.6. The minimum absolute atomic E-state index is 0.324. The Hall–Kier alpha value is -2.49. The number of aryl methyl sites for hydroxylation is 2. The average molecular weight is 285 g/mol. The number of halogens is 2. The molecule has 21 heavy (non-hydrogen) atoms. The van der Waals surface area contributed by atoms with Gasteiger partial charge in [-0.3, -0.25) is 4.79 Å². The van der Waals surface area contributed by atoms with Crippen molar-refractivity contribution in [1.82, 2.24) is 4.98 Å². The van der Waals surface area contributed by atoms with Gasteiger partial charge < -0.3 is 4.98 Å². The maximum Gasteiger partial charge on any atom is 0.152 e. The van der Waals surface area contributed by atoms with Crippen molar-refractivity contribution in [2.24, 2.45) is 0 Å². The first-order valence-corrected chi connectivity index (χ1v) is 6.55. The van der Waals surface area contributed by atoms with Gasteiger partial charge in [-0.1, -0.05) is 12.1 Å². The van der Waals surface area contributed by atoms with E-state index in [1.807, 2.05) is 26.0 Å². The van der Waals surface area contributed by atoms with E-state index in [-0.39, 0.29) is 0 Å². The zero-order valence-electron chi connectivity index (χ0n) is 11.6. The van der Waals surface area contributed by atoms with Gasteiger partial charge in [0.2, 0.25) is 0 Å². The Bertz CT molecular complexity index is 845. The number of aromatic nitrogens is 1. The lowest BCUT2D eigenvalue weighted by Gasteiger charge is -2.01. The maximum absolute atomic E-state index is 13.4. The number of hydrogen-bond acceptors (Lipinski definition) is 1. The van der Waals surface area contributed by atoms with Gasteiger partial charge in [0.05, 0.1) is 5.69 Å². The van der Waals surface area contributed by atoms with Crippen LogP contribution in [0.1, 0.15) is 21.5 Å². The summed E-state index contributed by atoms with van der Waals surface area (Å²) in [7, 11) is 0. The summed E-state index contributed by atoms with van der Waals surface area (Å²) in [5, 5.41) is 0.796. The van der Waals surface area contributed by atoms with Gasteiger partial charge in [-0.25, -0.2) is 8.78 Å². The molecule has 0 fully saturated rings. The summed E-state index contributed by atoms with van der Waals surface area (Å²) >= 11 is 0. The van der Waals surface area contributed by atoms with Gasteiger partial charge in [0.15, 0.2) is 6.29 Å². The third-order valence-electron chi connectivity index (χ3n) is 3.68. The van der Waals surface area contributed by atoms with Crippen LogP contribution < -0.4 is 0 Å². The van der Waals surface area contributed by atoms with E-state index in [0.717, 1.165) is 34.4 Å². The van der Waals surface area contributed by atoms with Crippen molar-refractivity contribution >= 4 is 17.2 Å². The highest BCUT2D eigenvalue weighted by atomic mass is 19.1. The first kappa shape index (κ1) is 13.5. The summed E-state index contributed by atoms with van der Waals surface area (Å²) in [6, 6.07) is 7.10. The molecule has 0 saturated heterocycles. The van der Waals surface area contributed by atoms with E-state index < -0.39 is 11.6 Å². The van der Waals surface area contributed by atoms with E-state index in [1.54, 1.807) is 0 Å². The van der Waals surface area contributed by atoms with Crippen molar-refractivity contribution < 1.29 is 13.6 Å². The highest BCUT2D eigenvalue weighted by molar-refractivity contribution is 6.06. The molecule has 0 aliphatic carbocycles. The van der Waals surface area contributed by atoms with E-state index in [4.69, 9.17) is 0 Å². The van der Waals surface area contributed by atoms with Crippen molar-refractivity contribution in [1.29, 1.82) is 0 Å². The molecule has 1 aromatic heterocycles. The predicted molar refractivity (Wildman–Crippen MR) is 78.5 cm³/mol. The third-order valence-corrected chi connectivity index (χ3v) is 3.68. The summed E-state index contributed by atoms with van der Waals surface area (Å²) in [5.41, 5.74) is 3.92. The van der Waals surface area contributed by atoms with Gasteiger partial charge >= 0.3 is 0 Å². The number of rotatable bonds is 2. The van der Waals surface area contributed by atoms with Gasteiger partial charge in [-0.05, 0) is 37.1 Å². The van der Waals surface area contributed by atoms with E-state index in [2.05, 4.69) is 4.98 Å². The SMILES string of the molecule is Cc1ccc(C)c2c(C=O)c(-c3cc(F)cc(F)c3)[nH]c12. The zero-order valence-corrected chi connectivity index (χ0v) is 11.6. The molecule has 0 spiro atoms. The van der Waals surface area contributed by atoms with Crippen molar-refractivity contribution in [2.45, 2.75) is 13.8 Å². The Morgan fingerprint density at radius 1 is 1.00 bits per heavy atom. The first-order chi connectivity index (χ1) is 10.0. The number of hydrogen-bond donors (Lipinski definition) is 1. The number of aromatic amines is 1. The molecular weight excluding hydrogens is 272 g/mol. The van der Waals surface area contributed by atoms with E-state index in [9.17, 15) is 13.6 Å². The maximum atomic E-state index is 13.4. The molecule has 0 aliphatic rings. The Balaban J connectivity index is 2.40. The number of benzene rings is 2. The molecule has 4 heteroatoms. The zero-order chi connectivity index (χ0) is 15.1. The number of fused-ring (bicyclic) bond motifs is 1. The molecule has 0 atom stereocenters. The van der Waals surface area contributed by atoms with Gasteiger partial charge in [-0.2, -0.15) is 0 Å². The van der Waals surface area contributed by atoms with Crippen LogP contribution in [0.3, 0.4) is 0 Å². The van der Waals surface area contributed by atoms with Crippen molar-refractivity contribution in [3.63, 3.8) is 0 Å². The second-order valence-electron chi connectivity index (χ2n) is 5.14. The molecule has 0 amide bonds. The number of nitrogens with one attached hydrogen (secondary N) is 1. The molecule has 0 saturated carbocycles. The molecule has 0 unspecified atom stereocenters. The molecule has 2 nitrogen and oxygen atoms in total. The second-order valence-corrected chi connectivity index (χ2v) is 5.14. The van der Waals surface area contributed by atoms with E-state index >= 15 is 0 Å². The fourth-order valence-electron chi connectivity index (χ4n) is 2.68. The van der Waals surface area contributed by atoms with Crippen LogP contribution in [0.2, 0.25) is 0 Å². The average Bonchev–Trinajstić information content (AvgIpc) is 2.82. The molecule has 0 bridgehead atoms. The summed E-state index contributed by atoms with van der Waals surface area (Å²) in [6.45, 7) is 3.82. The minimum atomic E-state index is -0.672. The number of aldehydes is 1. The van der Waals surface area contributed by atoms with E-state index in [0.29, 0.717) is 16.8 Å². The van der Waals surface area contributed by atoms with E-state index in [1.165, 1.54) is 12.1 Å². The fraction of sp³-hybridized carbons (Fsp3) is 0.118. The Kier molecular flexibility index (Phi) is 3.09. The van der Waals surface area contributed by atoms with Crippen LogP contribution >= 0.6 is 0 Å². The molecule has 0 aliphatic heterocycles. The molecule has 106 valence electrons. The van der Waals surface area contributed by atoms with Gasteiger partial charge in [0.25, 0.3) is 0 Å². The molecule has 0 radical (unpaired) electrons. The largest absolute Gasteiger partial charge is 0.354 e. The second kappa shape index (κ2) is 4.81. The summed E-state index contributed by atoms with van der Waals surface area (Å²) in [5.74, 6) is -1.34. The molecule has 3 aromatic rings. The number of carbonyl (C=O) groups is 1. The first-order valence-electron chi connectivity index (χ1n) is 6.55. The van der Waals surface area contributed by atoms with Crippen LogP contribution in [0.4, 0.5) is 8.78 Å². The van der Waals surface area contributed by atoms with Gasteiger partial charge in [0, 0.05) is 28.1 Å². The normalized spacial score (nSPS) is 11.0. The lowest BCUT2D eigenvalue weighted by atomic mass is 10.0. The lowest BCUT2D eigenvalue weighted by molar-refractivity contribution is 0.112. The lowest BCUT2D eigenvalue weighted by Crippen LogP contribution is -1.88. The highest BCUT2D eigenvalue weighted by Gasteiger charge is 2.16. The smallest absolute Gasteiger partial charge is 0.152 e. The van der Waals surface area contributed by atoms with Crippen LogP contribution in [0.25, 0.3) is 22.2 Å². The van der Waals surface area contributed by atoms with Crippen LogP contribution in [0.5, 0.6) is 0 Å². The standard InChI is InChI=1S/C17H13F2NO/c1-9-3-4-10(2)16-15(9)14(8-21)17(20-16)11-5-12(18)7-13(19)6-11/h3-8,20H,1-2H3. The monoisotopic (exact) mass is 285 g/mol. The molecular formula is C17H13F2NO. The highest BCUT2D eigenvalue weighted by Crippen LogP contribution is 2.33. The fourth-order valence-corrected chi connectivity index (χ4v) is 2.68. The number of carbonyl (C=O) groups excluding carboxylic acids is 1. The third kappa shape index (κ3) is 2.13. The molecule has 3 rings (SSSR count). The van der Waals surface area contributed by atoms with Crippen molar-refractivity contribution in [3.05, 3.63) is 58.7 Å². The van der Waals surface area contributed by atoms with Crippen LogP contribution in [-0.4, -0.2) is 11.3 Å². The quantitative estimate of drug-likeness (QED) is 0.689. The predicted octanol–water partition coefficient (Wildman–Crippen LogP) is 4.54. The molecule has 1 N–H and O–H groups in total. The Morgan fingerprint density at radius 3 is 2.24 bits per heavy atom. The molecule has 2 aromatic carbocycles. The molecule has 1 heterocycles. The topological polar surface area (TPSA) is 32.9 Å². The minimum Gasteiger partial charge on any atom is -0.354 e. The Morgan fingerprint density at radius 2 is 1.62 bits per heavy atom.